The van der Waals surface area contributed by atoms with Crippen molar-refractivity contribution in [3.05, 3.63) is 16.0 Å². The minimum atomic E-state index is -0.241. The summed E-state index contributed by atoms with van der Waals surface area (Å²) in [5.41, 5.74) is 6.91. The van der Waals surface area contributed by atoms with Gasteiger partial charge in [-0.3, -0.25) is 9.48 Å². The van der Waals surface area contributed by atoms with Gasteiger partial charge in [0.05, 0.1) is 11.2 Å². The second kappa shape index (κ2) is 4.00. The Labute approximate surface area is 97.0 Å². The van der Waals surface area contributed by atoms with E-state index in [0.717, 1.165) is 12.1 Å². The predicted molar refractivity (Wildman–Crippen MR) is 67.6 cm³/mol. The molecular weight excluding hydrogens is 202 g/mol. The molecule has 0 bridgehead atoms. The van der Waals surface area contributed by atoms with E-state index in [0.29, 0.717) is 11.6 Å². The van der Waals surface area contributed by atoms with E-state index in [-0.39, 0.29) is 11.1 Å². The molecule has 0 aliphatic carbocycles. The molecule has 1 heterocycles. The molecule has 16 heavy (non-hydrogen) atoms. The number of hydrogen-bond acceptors (Lipinski definition) is 2. The van der Waals surface area contributed by atoms with Gasteiger partial charge in [0, 0.05) is 7.05 Å². The van der Waals surface area contributed by atoms with Crippen LogP contribution in [0.5, 0.6) is 0 Å². The molecule has 1 rings (SSSR count). The summed E-state index contributed by atoms with van der Waals surface area (Å²) in [6, 6.07) is 0. The lowest BCUT2D eigenvalue weighted by Crippen LogP contribution is -2.36. The molecule has 0 amide bonds. The van der Waals surface area contributed by atoms with E-state index < -0.39 is 0 Å². The lowest BCUT2D eigenvalue weighted by Gasteiger charge is -2.23. The van der Waals surface area contributed by atoms with E-state index in [1.54, 1.807) is 4.68 Å². The van der Waals surface area contributed by atoms with Crippen LogP contribution < -0.4 is 11.3 Å². The Kier molecular flexibility index (Phi) is 3.22. The Hall–Kier alpha value is -1.19. The summed E-state index contributed by atoms with van der Waals surface area (Å²) in [6.45, 7) is 10.3. The number of nitrogens with two attached hydrogens (primary N) is 1. The molecule has 0 radical (unpaired) electrons. The molecule has 92 valence electrons. The number of nitrogen functional groups attached to an aromatic ring is 1. The Morgan fingerprint density at radius 3 is 2.12 bits per heavy atom. The summed E-state index contributed by atoms with van der Waals surface area (Å²) in [6.07, 6.45) is 0.834. The Balaban J connectivity index is 3.40. The van der Waals surface area contributed by atoms with Crippen molar-refractivity contribution < 1.29 is 0 Å². The van der Waals surface area contributed by atoms with Crippen molar-refractivity contribution in [1.82, 2.24) is 9.36 Å². The molecule has 4 heteroatoms. The fraction of sp³-hybridized carbons (Fsp3) is 0.750. The maximum atomic E-state index is 12.1. The van der Waals surface area contributed by atoms with Gasteiger partial charge in [-0.1, -0.05) is 13.8 Å². The third kappa shape index (κ3) is 2.15. The van der Waals surface area contributed by atoms with E-state index in [9.17, 15) is 4.79 Å². The number of anilines is 1. The van der Waals surface area contributed by atoms with Crippen molar-refractivity contribution in [2.24, 2.45) is 13.0 Å². The fourth-order valence-electron chi connectivity index (χ4n) is 2.05. The van der Waals surface area contributed by atoms with Crippen molar-refractivity contribution in [2.75, 3.05) is 5.73 Å². The largest absolute Gasteiger partial charge is 0.393 e. The first kappa shape index (κ1) is 12.9. The van der Waals surface area contributed by atoms with Crippen molar-refractivity contribution in [2.45, 2.75) is 46.6 Å². The summed E-state index contributed by atoms with van der Waals surface area (Å²) in [5, 5.41) is 0. The molecular formula is C12H23N3O. The molecule has 2 N–H and O–H groups in total. The molecule has 1 aromatic heterocycles. The van der Waals surface area contributed by atoms with Crippen LogP contribution in [-0.2, 0) is 19.0 Å². The van der Waals surface area contributed by atoms with Crippen LogP contribution >= 0.6 is 0 Å². The highest BCUT2D eigenvalue weighted by Gasteiger charge is 2.23. The SMILES string of the molecule is CC(C)Cc1c(N)c(=O)n(C(C)(C)C)n1C. The van der Waals surface area contributed by atoms with E-state index in [1.807, 2.05) is 32.5 Å². The first-order chi connectivity index (χ1) is 7.16. The van der Waals surface area contributed by atoms with Gasteiger partial charge in [-0.25, -0.2) is 4.68 Å². The van der Waals surface area contributed by atoms with Gasteiger partial charge < -0.3 is 5.73 Å². The first-order valence-electron chi connectivity index (χ1n) is 5.73. The Morgan fingerprint density at radius 1 is 1.31 bits per heavy atom. The molecule has 4 nitrogen and oxygen atoms in total. The summed E-state index contributed by atoms with van der Waals surface area (Å²) in [5.74, 6) is 0.490. The summed E-state index contributed by atoms with van der Waals surface area (Å²) in [7, 11) is 1.90. The molecule has 0 aliphatic rings. The zero-order valence-corrected chi connectivity index (χ0v) is 11.2. The van der Waals surface area contributed by atoms with Crippen molar-refractivity contribution in [3.8, 4) is 0 Å². The lowest BCUT2D eigenvalue weighted by atomic mass is 10.1. The van der Waals surface area contributed by atoms with Gasteiger partial charge in [0.1, 0.15) is 5.69 Å². The van der Waals surface area contributed by atoms with Crippen molar-refractivity contribution >= 4 is 5.69 Å². The molecule has 0 unspecified atom stereocenters. The van der Waals surface area contributed by atoms with Gasteiger partial charge in [0.15, 0.2) is 0 Å². The average Bonchev–Trinajstić information content (AvgIpc) is 2.28. The second-order valence-corrected chi connectivity index (χ2v) is 5.77. The fourth-order valence-corrected chi connectivity index (χ4v) is 2.05. The van der Waals surface area contributed by atoms with Crippen LogP contribution in [0.1, 0.15) is 40.3 Å². The third-order valence-electron chi connectivity index (χ3n) is 2.66. The molecule has 0 atom stereocenters. The highest BCUT2D eigenvalue weighted by Crippen LogP contribution is 2.18. The summed E-state index contributed by atoms with van der Waals surface area (Å²) >= 11 is 0. The maximum Gasteiger partial charge on any atom is 0.290 e. The van der Waals surface area contributed by atoms with E-state index in [2.05, 4.69) is 13.8 Å². The normalized spacial score (nSPS) is 12.4. The number of rotatable bonds is 2. The lowest BCUT2D eigenvalue weighted by molar-refractivity contribution is 0.296. The van der Waals surface area contributed by atoms with E-state index >= 15 is 0 Å². The summed E-state index contributed by atoms with van der Waals surface area (Å²) < 4.78 is 3.62. The van der Waals surface area contributed by atoms with Gasteiger partial charge in [-0.2, -0.15) is 0 Å². The highest BCUT2D eigenvalue weighted by atomic mass is 16.1. The second-order valence-electron chi connectivity index (χ2n) is 5.77. The first-order valence-corrected chi connectivity index (χ1v) is 5.73. The monoisotopic (exact) mass is 225 g/mol. The quantitative estimate of drug-likeness (QED) is 0.833. The minimum absolute atomic E-state index is 0.0781. The van der Waals surface area contributed by atoms with E-state index in [1.165, 1.54) is 0 Å². The van der Waals surface area contributed by atoms with Gasteiger partial charge in [0.2, 0.25) is 0 Å². The van der Waals surface area contributed by atoms with Crippen LogP contribution in [0, 0.1) is 5.92 Å². The van der Waals surface area contributed by atoms with Gasteiger partial charge in [-0.05, 0) is 33.1 Å². The van der Waals surface area contributed by atoms with Gasteiger partial charge in [0.25, 0.3) is 5.56 Å². The zero-order valence-electron chi connectivity index (χ0n) is 11.2. The molecule has 0 saturated heterocycles. The number of aromatic nitrogens is 2. The van der Waals surface area contributed by atoms with Crippen LogP contribution in [0.4, 0.5) is 5.69 Å². The Morgan fingerprint density at radius 2 is 1.81 bits per heavy atom. The number of hydrogen-bond donors (Lipinski definition) is 1. The van der Waals surface area contributed by atoms with Gasteiger partial charge >= 0.3 is 0 Å². The van der Waals surface area contributed by atoms with E-state index in [4.69, 9.17) is 5.73 Å². The van der Waals surface area contributed by atoms with Crippen LogP contribution in [-0.4, -0.2) is 9.36 Å². The smallest absolute Gasteiger partial charge is 0.290 e. The molecule has 1 aromatic rings. The molecule has 0 aliphatic heterocycles. The van der Waals surface area contributed by atoms with Crippen LogP contribution in [0.15, 0.2) is 4.79 Å². The van der Waals surface area contributed by atoms with Gasteiger partial charge in [-0.15, -0.1) is 0 Å². The Bertz CT molecular complexity index is 432. The van der Waals surface area contributed by atoms with Crippen molar-refractivity contribution in [1.29, 1.82) is 0 Å². The van der Waals surface area contributed by atoms with Crippen LogP contribution in [0.3, 0.4) is 0 Å². The topological polar surface area (TPSA) is 53.0 Å². The predicted octanol–water partition coefficient (Wildman–Crippen LogP) is 1.72. The average molecular weight is 225 g/mol. The van der Waals surface area contributed by atoms with Crippen LogP contribution in [0.2, 0.25) is 0 Å². The van der Waals surface area contributed by atoms with Crippen molar-refractivity contribution in [3.63, 3.8) is 0 Å². The molecule has 0 saturated carbocycles. The van der Waals surface area contributed by atoms with Crippen LogP contribution in [0.25, 0.3) is 0 Å². The number of nitrogens with zero attached hydrogens (tertiary/aromatic N) is 2. The molecule has 0 fully saturated rings. The standard InChI is InChI=1S/C12H23N3O/c1-8(2)7-9-10(13)11(16)15(14(9)6)12(3,4)5/h8H,7,13H2,1-6H3. The third-order valence-corrected chi connectivity index (χ3v) is 2.66. The maximum absolute atomic E-state index is 12.1. The highest BCUT2D eigenvalue weighted by molar-refractivity contribution is 5.42. The zero-order chi connectivity index (χ0) is 12.7. The summed E-state index contributed by atoms with van der Waals surface area (Å²) in [4.78, 5) is 12.1. The molecule has 0 aromatic carbocycles. The minimum Gasteiger partial charge on any atom is -0.393 e. The molecule has 0 spiro atoms.